The van der Waals surface area contributed by atoms with Crippen LogP contribution in [0.3, 0.4) is 0 Å². The molecule has 1 aliphatic heterocycles. The van der Waals surface area contributed by atoms with Crippen LogP contribution in [0.1, 0.15) is 11.1 Å². The first kappa shape index (κ1) is 25.9. The van der Waals surface area contributed by atoms with Gasteiger partial charge in [-0.25, -0.2) is 22.8 Å². The first-order valence-electron chi connectivity index (χ1n) is 9.68. The zero-order chi connectivity index (χ0) is 26.1. The number of nitrogens with zero attached hydrogens (tertiary/aromatic N) is 1. The van der Waals surface area contributed by atoms with E-state index in [0.717, 1.165) is 31.3 Å². The van der Waals surface area contributed by atoms with Crippen LogP contribution in [0.2, 0.25) is 0 Å². The molecule has 0 aromatic heterocycles. The number of carbonyl (C=O) groups excluding carboxylic acids is 2. The summed E-state index contributed by atoms with van der Waals surface area (Å²) < 4.78 is 102. The van der Waals surface area contributed by atoms with E-state index in [1.54, 1.807) is 0 Å². The molecule has 1 heterocycles. The third-order valence-corrected chi connectivity index (χ3v) is 4.90. The Morgan fingerprint density at radius 2 is 1.54 bits per heavy atom. The van der Waals surface area contributed by atoms with Crippen molar-refractivity contribution in [2.24, 2.45) is 0 Å². The van der Waals surface area contributed by atoms with Crippen LogP contribution >= 0.6 is 0 Å². The molecule has 35 heavy (non-hydrogen) atoms. The Balaban J connectivity index is 2.18. The number of halogens is 6. The number of esters is 2. The van der Waals surface area contributed by atoms with E-state index >= 15 is 0 Å². The van der Waals surface area contributed by atoms with Gasteiger partial charge in [0.05, 0.1) is 37.7 Å². The quantitative estimate of drug-likeness (QED) is 0.434. The van der Waals surface area contributed by atoms with Crippen LogP contribution in [-0.4, -0.2) is 39.5 Å². The number of anilines is 1. The monoisotopic (exact) mass is 505 g/mol. The summed E-state index contributed by atoms with van der Waals surface area (Å²) in [6, 6.07) is 1.90. The number of aryl methyl sites for hydroxylation is 1. The van der Waals surface area contributed by atoms with Gasteiger partial charge in [0.2, 0.25) is 0 Å². The maximum Gasteiger partial charge on any atom is 0.416 e. The number of hydrogen-bond acceptors (Lipinski definition) is 7. The molecular weight excluding hydrogens is 488 g/mol. The van der Waals surface area contributed by atoms with E-state index in [4.69, 9.17) is 14.2 Å². The predicted molar refractivity (Wildman–Crippen MR) is 107 cm³/mol. The van der Waals surface area contributed by atoms with E-state index in [2.05, 4.69) is 4.74 Å². The molecule has 0 atom stereocenters. The van der Waals surface area contributed by atoms with Crippen molar-refractivity contribution in [3.05, 3.63) is 64.1 Å². The van der Waals surface area contributed by atoms with Gasteiger partial charge in [-0.2, -0.15) is 13.2 Å². The fraction of sp³-hybridized carbons (Fsp3) is 0.273. The lowest BCUT2D eigenvalue weighted by Crippen LogP contribution is -2.39. The zero-order valence-corrected chi connectivity index (χ0v) is 18.4. The Kier molecular flexibility index (Phi) is 7.29. The summed E-state index contributed by atoms with van der Waals surface area (Å²) in [7, 11) is 2.05. The van der Waals surface area contributed by atoms with Gasteiger partial charge in [-0.15, -0.1) is 0 Å². The summed E-state index contributed by atoms with van der Waals surface area (Å²) in [6.07, 6.45) is -5.02. The molecule has 13 heteroatoms. The van der Waals surface area contributed by atoms with Crippen molar-refractivity contribution < 1.29 is 54.9 Å². The molecule has 0 N–H and O–H groups in total. The van der Waals surface area contributed by atoms with Gasteiger partial charge in [-0.05, 0) is 30.7 Å². The lowest BCUT2D eigenvalue weighted by molar-refractivity contribution is -0.140. The summed E-state index contributed by atoms with van der Waals surface area (Å²) in [5.41, 5.74) is -2.71. The summed E-state index contributed by atoms with van der Waals surface area (Å²) in [6.45, 7) is 0.455. The second-order valence-electron chi connectivity index (χ2n) is 7.15. The molecule has 0 bridgehead atoms. The van der Waals surface area contributed by atoms with Gasteiger partial charge in [-0.1, -0.05) is 0 Å². The van der Waals surface area contributed by atoms with Crippen molar-refractivity contribution >= 4 is 17.6 Å². The lowest BCUT2D eigenvalue weighted by Gasteiger charge is -2.32. The molecule has 2 aromatic carbocycles. The van der Waals surface area contributed by atoms with Crippen LogP contribution in [-0.2, 0) is 30.0 Å². The topological polar surface area (TPSA) is 74.3 Å². The van der Waals surface area contributed by atoms with Gasteiger partial charge in [0.15, 0.2) is 23.1 Å². The molecule has 2 aromatic rings. The molecular formula is C22H17F6NO6. The van der Waals surface area contributed by atoms with Crippen molar-refractivity contribution in [2.45, 2.75) is 13.1 Å². The molecule has 0 fully saturated rings. The highest BCUT2D eigenvalue weighted by Gasteiger charge is 2.36. The largest absolute Gasteiger partial charge is 0.466 e. The van der Waals surface area contributed by atoms with Crippen LogP contribution < -0.4 is 9.64 Å². The van der Waals surface area contributed by atoms with E-state index in [-0.39, 0.29) is 35.6 Å². The maximum absolute atomic E-state index is 14.5. The van der Waals surface area contributed by atoms with Crippen LogP contribution in [0.25, 0.3) is 0 Å². The lowest BCUT2D eigenvalue weighted by atomic mass is 10.1. The number of alkyl halides is 3. The van der Waals surface area contributed by atoms with E-state index in [1.807, 2.05) is 0 Å². The van der Waals surface area contributed by atoms with Gasteiger partial charge in [0.25, 0.3) is 0 Å². The maximum atomic E-state index is 14.5. The number of carbonyl (C=O) groups is 2. The van der Waals surface area contributed by atoms with Crippen molar-refractivity contribution in [1.29, 1.82) is 0 Å². The van der Waals surface area contributed by atoms with Gasteiger partial charge in [0, 0.05) is 6.07 Å². The normalized spacial score (nSPS) is 14.1. The third-order valence-electron chi connectivity index (χ3n) is 4.90. The second kappa shape index (κ2) is 9.86. The van der Waals surface area contributed by atoms with Crippen LogP contribution in [0.15, 0.2) is 35.5 Å². The average Bonchev–Trinajstić information content (AvgIpc) is 2.81. The highest BCUT2D eigenvalue weighted by molar-refractivity contribution is 6.03. The highest BCUT2D eigenvalue weighted by atomic mass is 19.4. The Morgan fingerprint density at radius 1 is 0.943 bits per heavy atom. The van der Waals surface area contributed by atoms with Gasteiger partial charge < -0.3 is 23.8 Å². The number of methoxy groups -OCH3 is 2. The molecule has 188 valence electrons. The van der Waals surface area contributed by atoms with Crippen LogP contribution in [0.4, 0.5) is 32.0 Å². The molecule has 0 aliphatic carbocycles. The van der Waals surface area contributed by atoms with E-state index < -0.39 is 65.1 Å². The fourth-order valence-electron chi connectivity index (χ4n) is 3.20. The van der Waals surface area contributed by atoms with Crippen LogP contribution in [0.5, 0.6) is 11.5 Å². The second-order valence-corrected chi connectivity index (χ2v) is 7.15. The van der Waals surface area contributed by atoms with E-state index in [1.165, 1.54) is 6.92 Å². The zero-order valence-electron chi connectivity index (χ0n) is 18.4. The van der Waals surface area contributed by atoms with Crippen LogP contribution in [0, 0.1) is 24.4 Å². The van der Waals surface area contributed by atoms with Crippen molar-refractivity contribution in [3.8, 4) is 11.5 Å². The molecule has 0 saturated carbocycles. The SMILES string of the molecule is COC(=O)C1=C(C(=O)OC)N(c2cc(F)c(C)cc2Oc2c(F)cc(C(F)(F)F)cc2F)COC1. The van der Waals surface area contributed by atoms with E-state index in [0.29, 0.717) is 0 Å². The highest BCUT2D eigenvalue weighted by Crippen LogP contribution is 2.41. The fourth-order valence-corrected chi connectivity index (χ4v) is 3.20. The third kappa shape index (κ3) is 5.19. The molecule has 1 aliphatic rings. The Labute approximate surface area is 194 Å². The number of ether oxygens (including phenoxy) is 4. The number of hydrogen-bond donors (Lipinski definition) is 0. The minimum atomic E-state index is -5.02. The number of rotatable bonds is 5. The number of benzene rings is 2. The first-order chi connectivity index (χ1) is 16.4. The first-order valence-corrected chi connectivity index (χ1v) is 9.68. The molecule has 0 amide bonds. The smallest absolute Gasteiger partial charge is 0.416 e. The predicted octanol–water partition coefficient (Wildman–Crippen LogP) is 4.62. The minimum Gasteiger partial charge on any atom is -0.466 e. The standard InChI is InChI=1S/C22H17F6NO6/c1-10-4-17(35-19-14(24)5-11(6-15(19)25)22(26,27)28)16(7-13(10)23)29-9-34-8-12(20(30)32-2)18(29)21(31)33-3/h4-7H,8-9H2,1-3H3. The molecule has 0 spiro atoms. The summed E-state index contributed by atoms with van der Waals surface area (Å²) in [4.78, 5) is 25.6. The Hall–Kier alpha value is -3.74. The molecule has 0 radical (unpaired) electrons. The van der Waals surface area contributed by atoms with Crippen molar-refractivity contribution in [1.82, 2.24) is 0 Å². The van der Waals surface area contributed by atoms with Gasteiger partial charge in [-0.3, -0.25) is 0 Å². The molecule has 0 saturated heterocycles. The van der Waals surface area contributed by atoms with Crippen molar-refractivity contribution in [3.63, 3.8) is 0 Å². The van der Waals surface area contributed by atoms with Gasteiger partial charge in [0.1, 0.15) is 18.2 Å². The average molecular weight is 505 g/mol. The van der Waals surface area contributed by atoms with Crippen molar-refractivity contribution in [2.75, 3.05) is 32.5 Å². The summed E-state index contributed by atoms with van der Waals surface area (Å²) in [5.74, 6) is -7.89. The molecule has 3 rings (SSSR count). The summed E-state index contributed by atoms with van der Waals surface area (Å²) >= 11 is 0. The Morgan fingerprint density at radius 3 is 2.09 bits per heavy atom. The van der Waals surface area contributed by atoms with Gasteiger partial charge >= 0.3 is 18.1 Å². The summed E-state index contributed by atoms with van der Waals surface area (Å²) in [5, 5.41) is 0. The Bertz CT molecular complexity index is 1190. The molecule has 0 unspecified atom stereocenters. The molecule has 7 nitrogen and oxygen atoms in total. The van der Waals surface area contributed by atoms with E-state index in [9.17, 15) is 35.9 Å². The minimum absolute atomic E-state index is 0.0353.